The number of hydrogen-bond acceptors (Lipinski definition) is 2. The van der Waals surface area contributed by atoms with Crippen LogP contribution in [0.3, 0.4) is 0 Å². The Morgan fingerprint density at radius 3 is 2.13 bits per heavy atom. The quantitative estimate of drug-likeness (QED) is 0.833. The van der Waals surface area contributed by atoms with Crippen LogP contribution in [0.2, 0.25) is 0 Å². The lowest BCUT2D eigenvalue weighted by Gasteiger charge is -2.21. The molecule has 5 heteroatoms. The maximum atomic E-state index is 13.3. The number of carbonyl (C=O) groups is 1. The van der Waals surface area contributed by atoms with E-state index in [0.29, 0.717) is 0 Å². The molecule has 0 radical (unpaired) electrons. The number of halogens is 2. The third kappa shape index (κ3) is 2.30. The van der Waals surface area contributed by atoms with E-state index in [1.807, 2.05) is 0 Å². The van der Waals surface area contributed by atoms with E-state index in [1.165, 1.54) is 25.1 Å². The SMILES string of the molecule is CN(C)[C@@H](C(=O)O)c1c(F)cccc1F. The molecule has 1 N–H and O–H groups in total. The third-order valence-electron chi connectivity index (χ3n) is 2.02. The van der Waals surface area contributed by atoms with Gasteiger partial charge in [-0.1, -0.05) is 6.07 Å². The first-order valence-electron chi connectivity index (χ1n) is 4.28. The van der Waals surface area contributed by atoms with Gasteiger partial charge in [-0.15, -0.1) is 0 Å². The van der Waals surface area contributed by atoms with E-state index in [4.69, 9.17) is 5.11 Å². The van der Waals surface area contributed by atoms with Gasteiger partial charge in [0.05, 0.1) is 5.56 Å². The molecular weight excluding hydrogens is 204 g/mol. The summed E-state index contributed by atoms with van der Waals surface area (Å²) in [5.74, 6) is -2.99. The fourth-order valence-electron chi connectivity index (χ4n) is 1.37. The summed E-state index contributed by atoms with van der Waals surface area (Å²) in [5.41, 5.74) is -0.435. The molecule has 0 unspecified atom stereocenters. The Bertz CT molecular complexity index is 359. The first-order chi connectivity index (χ1) is 6.95. The molecule has 0 heterocycles. The standard InChI is InChI=1S/C10H11F2NO2/c1-13(2)9(10(14)15)8-6(11)4-3-5-7(8)12/h3-5,9H,1-2H3,(H,14,15)/t9-/m1/s1. The zero-order valence-corrected chi connectivity index (χ0v) is 8.37. The summed E-state index contributed by atoms with van der Waals surface area (Å²) in [6.07, 6.45) is 0. The summed E-state index contributed by atoms with van der Waals surface area (Å²) in [5, 5.41) is 8.87. The van der Waals surface area contributed by atoms with Gasteiger partial charge in [0, 0.05) is 0 Å². The topological polar surface area (TPSA) is 40.5 Å². The Balaban J connectivity index is 3.28. The number of hydrogen-bond donors (Lipinski definition) is 1. The fraction of sp³-hybridized carbons (Fsp3) is 0.300. The molecule has 1 rings (SSSR count). The molecule has 3 nitrogen and oxygen atoms in total. The molecule has 0 aliphatic carbocycles. The number of carboxylic acid groups (broad SMARTS) is 1. The highest BCUT2D eigenvalue weighted by molar-refractivity contribution is 5.75. The molecule has 1 aromatic carbocycles. The van der Waals surface area contributed by atoms with Crippen LogP contribution < -0.4 is 0 Å². The summed E-state index contributed by atoms with van der Waals surface area (Å²) in [6.45, 7) is 0. The van der Waals surface area contributed by atoms with Gasteiger partial charge in [0.25, 0.3) is 0 Å². The molecule has 0 spiro atoms. The summed E-state index contributed by atoms with van der Waals surface area (Å²) < 4.78 is 26.6. The summed E-state index contributed by atoms with van der Waals surface area (Å²) in [4.78, 5) is 12.1. The Labute approximate surface area is 85.9 Å². The number of nitrogens with zero attached hydrogens (tertiary/aromatic N) is 1. The number of rotatable bonds is 3. The normalized spacial score (nSPS) is 12.9. The molecular formula is C10H11F2NO2. The van der Waals surface area contributed by atoms with Gasteiger partial charge >= 0.3 is 5.97 Å². The van der Waals surface area contributed by atoms with Crippen molar-refractivity contribution in [2.24, 2.45) is 0 Å². The van der Waals surface area contributed by atoms with E-state index in [2.05, 4.69) is 0 Å². The summed E-state index contributed by atoms with van der Waals surface area (Å²) in [6, 6.07) is 1.96. The van der Waals surface area contributed by atoms with Crippen LogP contribution in [0.25, 0.3) is 0 Å². The van der Waals surface area contributed by atoms with E-state index in [9.17, 15) is 13.6 Å². The molecule has 0 saturated carbocycles. The average Bonchev–Trinajstić information content (AvgIpc) is 2.09. The lowest BCUT2D eigenvalue weighted by Crippen LogP contribution is -2.29. The predicted molar refractivity (Wildman–Crippen MR) is 50.4 cm³/mol. The second-order valence-corrected chi connectivity index (χ2v) is 3.34. The first-order valence-corrected chi connectivity index (χ1v) is 4.28. The van der Waals surface area contributed by atoms with E-state index >= 15 is 0 Å². The van der Waals surface area contributed by atoms with Crippen LogP contribution in [-0.2, 0) is 4.79 Å². The van der Waals surface area contributed by atoms with Crippen molar-refractivity contribution in [3.63, 3.8) is 0 Å². The van der Waals surface area contributed by atoms with Crippen molar-refractivity contribution in [3.8, 4) is 0 Å². The Morgan fingerprint density at radius 1 is 1.33 bits per heavy atom. The van der Waals surface area contributed by atoms with Gasteiger partial charge in [-0.05, 0) is 26.2 Å². The van der Waals surface area contributed by atoms with Crippen molar-refractivity contribution in [2.45, 2.75) is 6.04 Å². The molecule has 0 saturated heterocycles. The largest absolute Gasteiger partial charge is 0.480 e. The highest BCUT2D eigenvalue weighted by Crippen LogP contribution is 2.24. The van der Waals surface area contributed by atoms with Crippen LogP contribution in [0.1, 0.15) is 11.6 Å². The Hall–Kier alpha value is -1.49. The molecule has 1 aromatic rings. The van der Waals surface area contributed by atoms with Gasteiger partial charge in [0.1, 0.15) is 17.7 Å². The predicted octanol–water partition coefficient (Wildman–Crippen LogP) is 1.65. The minimum atomic E-state index is -1.31. The monoisotopic (exact) mass is 215 g/mol. The molecule has 82 valence electrons. The minimum absolute atomic E-state index is 0.435. The number of aliphatic carboxylic acids is 1. The molecule has 0 amide bonds. The average molecular weight is 215 g/mol. The first kappa shape index (κ1) is 11.6. The molecule has 0 aliphatic heterocycles. The Kier molecular flexibility index (Phi) is 3.36. The van der Waals surface area contributed by atoms with Crippen molar-refractivity contribution in [1.82, 2.24) is 4.90 Å². The number of carboxylic acids is 1. The molecule has 0 bridgehead atoms. The zero-order valence-electron chi connectivity index (χ0n) is 8.37. The van der Waals surface area contributed by atoms with Gasteiger partial charge in [-0.2, -0.15) is 0 Å². The summed E-state index contributed by atoms with van der Waals surface area (Å²) in [7, 11) is 2.90. The van der Waals surface area contributed by atoms with Crippen LogP contribution in [0, 0.1) is 11.6 Å². The number of likely N-dealkylation sites (N-methyl/N-ethyl adjacent to an activating group) is 1. The second kappa shape index (κ2) is 4.35. The number of benzene rings is 1. The smallest absolute Gasteiger partial charge is 0.325 e. The summed E-state index contributed by atoms with van der Waals surface area (Å²) >= 11 is 0. The molecule has 0 aromatic heterocycles. The third-order valence-corrected chi connectivity index (χ3v) is 2.02. The van der Waals surface area contributed by atoms with E-state index in [-0.39, 0.29) is 0 Å². The zero-order chi connectivity index (χ0) is 11.6. The van der Waals surface area contributed by atoms with Gasteiger partial charge in [0.15, 0.2) is 0 Å². The van der Waals surface area contributed by atoms with Crippen LogP contribution in [-0.4, -0.2) is 30.1 Å². The van der Waals surface area contributed by atoms with Crippen LogP contribution in [0.15, 0.2) is 18.2 Å². The van der Waals surface area contributed by atoms with Gasteiger partial charge in [-0.25, -0.2) is 8.78 Å². The van der Waals surface area contributed by atoms with Crippen LogP contribution in [0.4, 0.5) is 8.78 Å². The van der Waals surface area contributed by atoms with E-state index in [1.54, 1.807) is 0 Å². The van der Waals surface area contributed by atoms with Crippen LogP contribution in [0.5, 0.6) is 0 Å². The Morgan fingerprint density at radius 2 is 1.80 bits per heavy atom. The van der Waals surface area contributed by atoms with Crippen LogP contribution >= 0.6 is 0 Å². The van der Waals surface area contributed by atoms with Crippen molar-refractivity contribution in [3.05, 3.63) is 35.4 Å². The van der Waals surface area contributed by atoms with Crippen molar-refractivity contribution in [1.29, 1.82) is 0 Å². The van der Waals surface area contributed by atoms with Gasteiger partial charge in [-0.3, -0.25) is 9.69 Å². The maximum Gasteiger partial charge on any atom is 0.325 e. The van der Waals surface area contributed by atoms with Crippen molar-refractivity contribution < 1.29 is 18.7 Å². The van der Waals surface area contributed by atoms with E-state index in [0.717, 1.165) is 12.1 Å². The fourth-order valence-corrected chi connectivity index (χ4v) is 1.37. The lowest BCUT2D eigenvalue weighted by molar-refractivity contribution is -0.142. The lowest BCUT2D eigenvalue weighted by atomic mass is 10.0. The van der Waals surface area contributed by atoms with E-state index < -0.39 is 29.2 Å². The molecule has 15 heavy (non-hydrogen) atoms. The molecule has 0 fully saturated rings. The highest BCUT2D eigenvalue weighted by atomic mass is 19.1. The molecule has 1 atom stereocenters. The van der Waals surface area contributed by atoms with Crippen molar-refractivity contribution in [2.75, 3.05) is 14.1 Å². The minimum Gasteiger partial charge on any atom is -0.480 e. The maximum absolute atomic E-state index is 13.3. The highest BCUT2D eigenvalue weighted by Gasteiger charge is 2.28. The van der Waals surface area contributed by atoms with Crippen molar-refractivity contribution >= 4 is 5.97 Å². The van der Waals surface area contributed by atoms with Gasteiger partial charge in [0.2, 0.25) is 0 Å². The van der Waals surface area contributed by atoms with Gasteiger partial charge < -0.3 is 5.11 Å². The second-order valence-electron chi connectivity index (χ2n) is 3.34. The molecule has 0 aliphatic rings.